The monoisotopic (exact) mass is 271 g/mol. The lowest BCUT2D eigenvalue weighted by Gasteiger charge is -2.38. The van der Waals surface area contributed by atoms with Crippen molar-refractivity contribution in [3.63, 3.8) is 0 Å². The topological polar surface area (TPSA) is 43.1 Å². The molecule has 0 spiro atoms. The second kappa shape index (κ2) is 5.39. The summed E-state index contributed by atoms with van der Waals surface area (Å²) >= 11 is 0. The first-order valence-corrected chi connectivity index (χ1v) is 7.55. The summed E-state index contributed by atoms with van der Waals surface area (Å²) in [7, 11) is 0. The summed E-state index contributed by atoms with van der Waals surface area (Å²) in [4.78, 5) is 11.7. The molecule has 0 amide bonds. The fourth-order valence-electron chi connectivity index (χ4n) is 4.12. The predicted octanol–water partition coefficient (Wildman–Crippen LogP) is 4.33. The maximum Gasteiger partial charge on any atom is 0.226 e. The second-order valence-corrected chi connectivity index (χ2v) is 6.16. The highest BCUT2D eigenvalue weighted by Gasteiger charge is 2.45. The molecule has 2 aliphatic rings. The van der Waals surface area contributed by atoms with Crippen LogP contribution < -0.4 is 0 Å². The number of nitrogens with zero attached hydrogens (tertiary/aromatic N) is 1. The molecule has 3 heteroatoms. The van der Waals surface area contributed by atoms with E-state index in [9.17, 15) is 10.1 Å². The van der Waals surface area contributed by atoms with Crippen LogP contribution in [0.15, 0.2) is 41.5 Å². The highest BCUT2D eigenvalue weighted by molar-refractivity contribution is 5.31. The van der Waals surface area contributed by atoms with Crippen LogP contribution in [0, 0.1) is 16.0 Å². The number of fused-ring (bicyclic) bond motifs is 1. The Morgan fingerprint density at radius 2 is 1.90 bits per heavy atom. The van der Waals surface area contributed by atoms with Crippen molar-refractivity contribution in [1.29, 1.82) is 0 Å². The number of hydrogen-bond donors (Lipinski definition) is 0. The zero-order valence-electron chi connectivity index (χ0n) is 11.9. The molecule has 0 heterocycles. The molecule has 3 rings (SSSR count). The Morgan fingerprint density at radius 1 is 1.15 bits per heavy atom. The molecule has 106 valence electrons. The molecule has 0 unspecified atom stereocenters. The van der Waals surface area contributed by atoms with E-state index in [1.807, 2.05) is 30.3 Å². The summed E-state index contributed by atoms with van der Waals surface area (Å²) in [6.45, 7) is 2.18. The molecule has 3 atom stereocenters. The van der Waals surface area contributed by atoms with E-state index >= 15 is 0 Å². The molecule has 3 nitrogen and oxygen atoms in total. The van der Waals surface area contributed by atoms with Gasteiger partial charge >= 0.3 is 0 Å². The van der Waals surface area contributed by atoms with Gasteiger partial charge in [0.1, 0.15) is 0 Å². The maximum absolute atomic E-state index is 11.7. The number of nitro groups is 1. The van der Waals surface area contributed by atoms with Crippen molar-refractivity contribution in [2.24, 2.45) is 5.92 Å². The first kappa shape index (κ1) is 13.3. The molecule has 0 aromatic heterocycles. The highest BCUT2D eigenvalue weighted by atomic mass is 16.6. The molecule has 1 fully saturated rings. The molecule has 1 aromatic rings. The first-order valence-electron chi connectivity index (χ1n) is 7.55. The number of rotatable bonds is 2. The van der Waals surface area contributed by atoms with Crippen molar-refractivity contribution in [2.75, 3.05) is 0 Å². The molecule has 2 aliphatic carbocycles. The van der Waals surface area contributed by atoms with Crippen LogP contribution in [-0.4, -0.2) is 11.0 Å². The van der Waals surface area contributed by atoms with Crippen LogP contribution in [0.25, 0.3) is 0 Å². The third-order valence-electron chi connectivity index (χ3n) is 5.03. The van der Waals surface area contributed by atoms with Crippen molar-refractivity contribution in [2.45, 2.75) is 51.0 Å². The van der Waals surface area contributed by atoms with Crippen LogP contribution in [0.3, 0.4) is 0 Å². The van der Waals surface area contributed by atoms with Gasteiger partial charge in [0, 0.05) is 10.8 Å². The lowest BCUT2D eigenvalue weighted by Crippen LogP contribution is -2.40. The van der Waals surface area contributed by atoms with Crippen molar-refractivity contribution in [1.82, 2.24) is 0 Å². The van der Waals surface area contributed by atoms with Gasteiger partial charge < -0.3 is 0 Å². The minimum absolute atomic E-state index is 0.0138. The third kappa shape index (κ3) is 2.26. The van der Waals surface area contributed by atoms with E-state index in [0.29, 0.717) is 0 Å². The summed E-state index contributed by atoms with van der Waals surface area (Å²) in [6, 6.07) is 9.60. The average molecular weight is 271 g/mol. The van der Waals surface area contributed by atoms with Gasteiger partial charge in [-0.2, -0.15) is 0 Å². The fraction of sp³-hybridized carbons (Fsp3) is 0.529. The second-order valence-electron chi connectivity index (χ2n) is 6.16. The Balaban J connectivity index is 2.02. The molecule has 1 aromatic carbocycles. The molecule has 0 radical (unpaired) electrons. The smallest absolute Gasteiger partial charge is 0.226 e. The van der Waals surface area contributed by atoms with Gasteiger partial charge in [-0.1, -0.05) is 47.9 Å². The zero-order chi connectivity index (χ0) is 14.1. The first-order chi connectivity index (χ1) is 9.68. The summed E-state index contributed by atoms with van der Waals surface area (Å²) in [5, 5.41) is 11.7. The van der Waals surface area contributed by atoms with E-state index in [1.165, 1.54) is 17.6 Å². The van der Waals surface area contributed by atoms with E-state index < -0.39 is 6.04 Å². The van der Waals surface area contributed by atoms with Gasteiger partial charge in [-0.3, -0.25) is 10.1 Å². The lowest BCUT2D eigenvalue weighted by atomic mass is 9.66. The number of hydrogen-bond acceptors (Lipinski definition) is 2. The van der Waals surface area contributed by atoms with Gasteiger partial charge in [0.05, 0.1) is 5.92 Å². The highest BCUT2D eigenvalue weighted by Crippen LogP contribution is 2.46. The molecular formula is C17H21NO2. The normalized spacial score (nSPS) is 29.9. The van der Waals surface area contributed by atoms with Gasteiger partial charge in [0.2, 0.25) is 6.04 Å². The standard InChI is InChI=1S/C17H21NO2/c1-12-11-16(13-7-3-2-4-8-13)17(18(19)20)15-10-6-5-9-14(12)15/h2-4,7-8,15-17H,5-6,9-11H2,1H3/t15-,16-,17-/m1/s1. The fourth-order valence-corrected chi connectivity index (χ4v) is 4.12. The van der Waals surface area contributed by atoms with Crippen LogP contribution >= 0.6 is 0 Å². The molecule has 20 heavy (non-hydrogen) atoms. The number of benzene rings is 1. The van der Waals surface area contributed by atoms with Gasteiger partial charge in [-0.25, -0.2) is 0 Å². The Bertz CT molecular complexity index is 535. The predicted molar refractivity (Wildman–Crippen MR) is 79.2 cm³/mol. The Labute approximate surface area is 119 Å². The van der Waals surface area contributed by atoms with E-state index in [2.05, 4.69) is 6.92 Å². The Morgan fingerprint density at radius 3 is 2.60 bits per heavy atom. The van der Waals surface area contributed by atoms with Crippen molar-refractivity contribution < 1.29 is 4.92 Å². The summed E-state index contributed by atoms with van der Waals surface area (Å²) in [6.07, 6.45) is 5.24. The lowest BCUT2D eigenvalue weighted by molar-refractivity contribution is -0.536. The quantitative estimate of drug-likeness (QED) is 0.456. The van der Waals surface area contributed by atoms with Crippen LogP contribution in [-0.2, 0) is 0 Å². The Hall–Kier alpha value is -1.64. The van der Waals surface area contributed by atoms with E-state index in [1.54, 1.807) is 0 Å². The van der Waals surface area contributed by atoms with Gasteiger partial charge in [-0.15, -0.1) is 0 Å². The van der Waals surface area contributed by atoms with E-state index in [0.717, 1.165) is 31.2 Å². The van der Waals surface area contributed by atoms with Crippen LogP contribution in [0.5, 0.6) is 0 Å². The van der Waals surface area contributed by atoms with Crippen molar-refractivity contribution >= 4 is 0 Å². The molecule has 0 bridgehead atoms. The summed E-state index contributed by atoms with van der Waals surface area (Å²) < 4.78 is 0. The van der Waals surface area contributed by atoms with Crippen LogP contribution in [0.2, 0.25) is 0 Å². The molecule has 0 saturated heterocycles. The number of allylic oxidation sites excluding steroid dienone is 1. The van der Waals surface area contributed by atoms with Crippen LogP contribution in [0.1, 0.15) is 50.5 Å². The summed E-state index contributed by atoms with van der Waals surface area (Å²) in [5.41, 5.74) is 3.92. The molecule has 0 N–H and O–H groups in total. The van der Waals surface area contributed by atoms with Crippen LogP contribution in [0.4, 0.5) is 0 Å². The minimum atomic E-state index is -0.434. The summed E-state index contributed by atoms with van der Waals surface area (Å²) in [5.74, 6) is 0.204. The van der Waals surface area contributed by atoms with Gasteiger partial charge in [0.15, 0.2) is 0 Å². The van der Waals surface area contributed by atoms with Crippen molar-refractivity contribution in [3.05, 3.63) is 57.2 Å². The maximum atomic E-state index is 11.7. The largest absolute Gasteiger partial charge is 0.264 e. The van der Waals surface area contributed by atoms with E-state index in [4.69, 9.17) is 0 Å². The zero-order valence-corrected chi connectivity index (χ0v) is 11.9. The molecule has 1 saturated carbocycles. The third-order valence-corrected chi connectivity index (χ3v) is 5.03. The van der Waals surface area contributed by atoms with Gasteiger partial charge in [-0.05, 0) is 38.2 Å². The van der Waals surface area contributed by atoms with Crippen molar-refractivity contribution in [3.8, 4) is 0 Å². The SMILES string of the molecule is CC1=C2CCCC[C@H]2[C@@H]([N+](=O)[O-])[C@@H](c2ccccc2)C1. The van der Waals surface area contributed by atoms with E-state index in [-0.39, 0.29) is 16.8 Å². The molecule has 0 aliphatic heterocycles. The Kier molecular flexibility index (Phi) is 3.60. The molecular weight excluding hydrogens is 250 g/mol. The minimum Gasteiger partial charge on any atom is -0.264 e. The van der Waals surface area contributed by atoms with Gasteiger partial charge in [0.25, 0.3) is 0 Å². The average Bonchev–Trinajstić information content (AvgIpc) is 2.47.